The van der Waals surface area contributed by atoms with E-state index in [-0.39, 0.29) is 11.8 Å². The second kappa shape index (κ2) is 2.81. The second-order valence-electron chi connectivity index (χ2n) is 2.54. The van der Waals surface area contributed by atoms with Crippen LogP contribution in [0.3, 0.4) is 0 Å². The van der Waals surface area contributed by atoms with Crippen LogP contribution in [-0.2, 0) is 9.63 Å². The molecule has 1 aliphatic carbocycles. The zero-order valence-corrected chi connectivity index (χ0v) is 7.82. The highest BCUT2D eigenvalue weighted by Gasteiger charge is 2.57. The molecular formula is C6H9Cl2NO2. The Kier molecular flexibility index (Phi) is 2.32. The van der Waals surface area contributed by atoms with Crippen molar-refractivity contribution in [2.75, 3.05) is 14.2 Å². The highest BCUT2D eigenvalue weighted by molar-refractivity contribution is 6.52. The van der Waals surface area contributed by atoms with Gasteiger partial charge in [0.2, 0.25) is 0 Å². The normalized spacial score (nSPS) is 26.4. The van der Waals surface area contributed by atoms with E-state index in [1.807, 2.05) is 0 Å². The summed E-state index contributed by atoms with van der Waals surface area (Å²) in [6, 6.07) is 0. The van der Waals surface area contributed by atoms with Crippen LogP contribution in [0.25, 0.3) is 0 Å². The lowest BCUT2D eigenvalue weighted by atomic mass is 10.4. The van der Waals surface area contributed by atoms with Gasteiger partial charge < -0.3 is 0 Å². The highest BCUT2D eigenvalue weighted by Crippen LogP contribution is 2.53. The number of alkyl halides is 2. The van der Waals surface area contributed by atoms with E-state index in [4.69, 9.17) is 23.2 Å². The molecule has 0 aromatic carbocycles. The molecule has 0 heterocycles. The fraction of sp³-hybridized carbons (Fsp3) is 0.833. The first kappa shape index (κ1) is 9.10. The van der Waals surface area contributed by atoms with Gasteiger partial charge >= 0.3 is 0 Å². The molecule has 0 aromatic heterocycles. The van der Waals surface area contributed by atoms with E-state index in [9.17, 15) is 4.79 Å². The molecule has 5 heteroatoms. The standard InChI is InChI=1S/C6H9Cl2NO2/c1-9(11-2)5(10)4-3-6(4,7)8/h4H,3H2,1-2H3/t4-/m1/s1. The number of hydrogen-bond donors (Lipinski definition) is 0. The summed E-state index contributed by atoms with van der Waals surface area (Å²) in [5.41, 5.74) is 0. The first-order valence-electron chi connectivity index (χ1n) is 3.18. The Balaban J connectivity index is 2.46. The number of rotatable bonds is 2. The third kappa shape index (κ3) is 1.78. The highest BCUT2D eigenvalue weighted by atomic mass is 35.5. The van der Waals surface area contributed by atoms with Crippen LogP contribution < -0.4 is 0 Å². The third-order valence-electron chi connectivity index (χ3n) is 1.71. The first-order valence-corrected chi connectivity index (χ1v) is 3.94. The summed E-state index contributed by atoms with van der Waals surface area (Å²) >= 11 is 11.3. The Labute approximate surface area is 75.2 Å². The average Bonchev–Trinajstić information content (AvgIpc) is 2.56. The Morgan fingerprint density at radius 2 is 2.18 bits per heavy atom. The number of carbonyl (C=O) groups excluding carboxylic acids is 1. The molecular weight excluding hydrogens is 189 g/mol. The molecule has 1 rings (SSSR count). The van der Waals surface area contributed by atoms with Crippen molar-refractivity contribution < 1.29 is 9.63 Å². The number of nitrogens with zero attached hydrogens (tertiary/aromatic N) is 1. The molecule has 3 nitrogen and oxygen atoms in total. The lowest BCUT2D eigenvalue weighted by molar-refractivity contribution is -0.170. The molecule has 1 atom stereocenters. The minimum atomic E-state index is -0.857. The summed E-state index contributed by atoms with van der Waals surface area (Å²) in [6.45, 7) is 0. The van der Waals surface area contributed by atoms with Crippen LogP contribution in [0.2, 0.25) is 0 Å². The largest absolute Gasteiger partial charge is 0.275 e. The van der Waals surface area contributed by atoms with E-state index in [1.165, 1.54) is 14.2 Å². The maximum Gasteiger partial charge on any atom is 0.252 e. The summed E-state index contributed by atoms with van der Waals surface area (Å²) in [5, 5.41) is 1.14. The Morgan fingerprint density at radius 1 is 1.73 bits per heavy atom. The summed E-state index contributed by atoms with van der Waals surface area (Å²) in [6.07, 6.45) is 0.517. The van der Waals surface area contributed by atoms with E-state index >= 15 is 0 Å². The quantitative estimate of drug-likeness (QED) is 0.492. The molecule has 64 valence electrons. The van der Waals surface area contributed by atoms with Crippen molar-refractivity contribution in [1.82, 2.24) is 5.06 Å². The van der Waals surface area contributed by atoms with E-state index in [0.717, 1.165) is 5.06 Å². The number of amides is 1. The Hall–Kier alpha value is 0.01000. The number of hydroxylamine groups is 2. The van der Waals surface area contributed by atoms with Gasteiger partial charge in [-0.05, 0) is 6.42 Å². The smallest absolute Gasteiger partial charge is 0.252 e. The lowest BCUT2D eigenvalue weighted by Crippen LogP contribution is -2.28. The third-order valence-corrected chi connectivity index (χ3v) is 2.54. The maximum absolute atomic E-state index is 11.2. The average molecular weight is 198 g/mol. The second-order valence-corrected chi connectivity index (χ2v) is 4.08. The summed E-state index contributed by atoms with van der Waals surface area (Å²) in [5.74, 6) is -0.465. The van der Waals surface area contributed by atoms with Crippen LogP contribution >= 0.6 is 23.2 Å². The molecule has 0 unspecified atom stereocenters. The summed E-state index contributed by atoms with van der Waals surface area (Å²) in [7, 11) is 2.95. The van der Waals surface area contributed by atoms with Crippen LogP contribution in [0.4, 0.5) is 0 Å². The molecule has 0 spiro atoms. The number of carbonyl (C=O) groups is 1. The van der Waals surface area contributed by atoms with Crippen LogP contribution in [0, 0.1) is 5.92 Å². The molecule has 0 aromatic rings. The molecule has 0 radical (unpaired) electrons. The number of hydrogen-bond acceptors (Lipinski definition) is 2. The van der Waals surface area contributed by atoms with Gasteiger partial charge in [0, 0.05) is 7.05 Å². The molecule has 1 saturated carbocycles. The van der Waals surface area contributed by atoms with Crippen molar-refractivity contribution in [2.24, 2.45) is 5.92 Å². The Morgan fingerprint density at radius 3 is 2.45 bits per heavy atom. The fourth-order valence-electron chi connectivity index (χ4n) is 0.791. The van der Waals surface area contributed by atoms with Crippen molar-refractivity contribution in [3.05, 3.63) is 0 Å². The minimum Gasteiger partial charge on any atom is -0.275 e. The van der Waals surface area contributed by atoms with Gasteiger partial charge in [0.25, 0.3) is 5.91 Å². The number of halogens is 2. The first-order chi connectivity index (χ1) is 4.99. The minimum absolute atomic E-state index is 0.169. The van der Waals surface area contributed by atoms with Gasteiger partial charge in [-0.2, -0.15) is 0 Å². The van der Waals surface area contributed by atoms with Gasteiger partial charge in [-0.15, -0.1) is 23.2 Å². The van der Waals surface area contributed by atoms with Crippen LogP contribution in [0.5, 0.6) is 0 Å². The van der Waals surface area contributed by atoms with Crippen molar-refractivity contribution in [3.8, 4) is 0 Å². The zero-order valence-electron chi connectivity index (χ0n) is 6.30. The molecule has 1 aliphatic rings. The fourth-order valence-corrected chi connectivity index (χ4v) is 1.29. The molecule has 0 bridgehead atoms. The molecule has 1 fully saturated rings. The predicted molar refractivity (Wildman–Crippen MR) is 42.3 cm³/mol. The molecule has 0 saturated heterocycles. The molecule has 1 amide bonds. The van der Waals surface area contributed by atoms with Gasteiger partial charge in [0.05, 0.1) is 13.0 Å². The lowest BCUT2D eigenvalue weighted by Gasteiger charge is -2.13. The zero-order chi connectivity index (χ0) is 8.65. The maximum atomic E-state index is 11.2. The van der Waals surface area contributed by atoms with Crippen molar-refractivity contribution in [2.45, 2.75) is 10.8 Å². The van der Waals surface area contributed by atoms with E-state index in [1.54, 1.807) is 0 Å². The monoisotopic (exact) mass is 197 g/mol. The summed E-state index contributed by atoms with van der Waals surface area (Å²) in [4.78, 5) is 15.9. The topological polar surface area (TPSA) is 29.5 Å². The van der Waals surface area contributed by atoms with Crippen LogP contribution in [0.1, 0.15) is 6.42 Å². The molecule has 11 heavy (non-hydrogen) atoms. The van der Waals surface area contributed by atoms with Gasteiger partial charge in [-0.25, -0.2) is 5.06 Å². The predicted octanol–water partition coefficient (Wildman–Crippen LogP) is 1.20. The van der Waals surface area contributed by atoms with E-state index in [0.29, 0.717) is 6.42 Å². The van der Waals surface area contributed by atoms with Gasteiger partial charge in [-0.3, -0.25) is 9.63 Å². The Bertz CT molecular complexity index is 183. The van der Waals surface area contributed by atoms with Gasteiger partial charge in [0.1, 0.15) is 4.33 Å². The summed E-state index contributed by atoms with van der Waals surface area (Å²) < 4.78 is -0.857. The van der Waals surface area contributed by atoms with Crippen molar-refractivity contribution in [1.29, 1.82) is 0 Å². The van der Waals surface area contributed by atoms with Crippen LogP contribution in [0.15, 0.2) is 0 Å². The van der Waals surface area contributed by atoms with Crippen molar-refractivity contribution >= 4 is 29.1 Å². The van der Waals surface area contributed by atoms with Crippen LogP contribution in [-0.4, -0.2) is 29.5 Å². The van der Waals surface area contributed by atoms with E-state index in [2.05, 4.69) is 4.84 Å². The van der Waals surface area contributed by atoms with Crippen molar-refractivity contribution in [3.63, 3.8) is 0 Å². The molecule has 0 N–H and O–H groups in total. The van der Waals surface area contributed by atoms with Gasteiger partial charge in [0.15, 0.2) is 0 Å². The van der Waals surface area contributed by atoms with E-state index < -0.39 is 4.33 Å². The SMILES string of the molecule is CON(C)C(=O)[C@H]1CC1(Cl)Cl. The van der Waals surface area contributed by atoms with Gasteiger partial charge in [-0.1, -0.05) is 0 Å². The molecule has 0 aliphatic heterocycles.